The van der Waals surface area contributed by atoms with Crippen molar-refractivity contribution >= 4 is 23.5 Å². The lowest BCUT2D eigenvalue weighted by atomic mass is 10.1. The number of aromatic nitrogens is 2. The van der Waals surface area contributed by atoms with Crippen LogP contribution in [0.25, 0.3) is 16.9 Å². The van der Waals surface area contributed by atoms with Crippen LogP contribution in [0.3, 0.4) is 0 Å². The first kappa shape index (κ1) is 24.2. The molecular weight excluding hydrogens is 460 g/mol. The number of hydrogen-bond acceptors (Lipinski definition) is 6. The predicted molar refractivity (Wildman–Crippen MR) is 134 cm³/mol. The molecule has 1 aromatic heterocycles. The van der Waals surface area contributed by atoms with Gasteiger partial charge in [0.1, 0.15) is 18.0 Å². The van der Waals surface area contributed by atoms with Crippen LogP contribution in [0.2, 0.25) is 0 Å². The Kier molecular flexibility index (Phi) is 7.40. The maximum absolute atomic E-state index is 13.4. The highest BCUT2D eigenvalue weighted by atomic mass is 16.5. The summed E-state index contributed by atoms with van der Waals surface area (Å²) in [5, 5.41) is 9.99. The molecule has 0 aliphatic rings. The van der Waals surface area contributed by atoms with Crippen LogP contribution in [0.4, 0.5) is 5.69 Å². The summed E-state index contributed by atoms with van der Waals surface area (Å²) >= 11 is 0. The fourth-order valence-electron chi connectivity index (χ4n) is 3.50. The van der Waals surface area contributed by atoms with Gasteiger partial charge < -0.3 is 20.1 Å². The largest absolute Gasteiger partial charge is 0.497 e. The van der Waals surface area contributed by atoms with Crippen LogP contribution in [0.5, 0.6) is 5.75 Å². The summed E-state index contributed by atoms with van der Waals surface area (Å²) in [6.45, 7) is -0.255. The molecule has 9 heteroatoms. The second-order valence-corrected chi connectivity index (χ2v) is 7.70. The maximum Gasteiger partial charge on any atom is 0.325 e. The number of benzene rings is 3. The van der Waals surface area contributed by atoms with E-state index in [2.05, 4.69) is 20.5 Å². The molecule has 0 saturated heterocycles. The number of ether oxygens (including phenoxy) is 2. The van der Waals surface area contributed by atoms with E-state index in [9.17, 15) is 14.4 Å². The molecule has 0 spiro atoms. The lowest BCUT2D eigenvalue weighted by molar-refractivity contribution is -0.139. The molecule has 9 nitrogen and oxygen atoms in total. The molecule has 36 heavy (non-hydrogen) atoms. The minimum atomic E-state index is -0.562. The molecule has 4 aromatic rings. The van der Waals surface area contributed by atoms with Crippen molar-refractivity contribution < 1.29 is 23.9 Å². The van der Waals surface area contributed by atoms with Gasteiger partial charge in [0.05, 0.1) is 25.5 Å². The first-order chi connectivity index (χ1) is 17.5. The molecule has 0 aliphatic heterocycles. The SMILES string of the molecule is COC(=O)CNC(=O)c1cccc(NC(=O)c2cn(-c3ccccc3)nc2-c2cccc(OC)c2)c1. The summed E-state index contributed by atoms with van der Waals surface area (Å²) < 4.78 is 11.5. The molecule has 1 heterocycles. The van der Waals surface area contributed by atoms with Crippen LogP contribution >= 0.6 is 0 Å². The van der Waals surface area contributed by atoms with Crippen molar-refractivity contribution in [2.24, 2.45) is 0 Å². The van der Waals surface area contributed by atoms with Crippen molar-refractivity contribution in [3.63, 3.8) is 0 Å². The van der Waals surface area contributed by atoms with E-state index in [1.807, 2.05) is 48.5 Å². The molecule has 0 radical (unpaired) electrons. The minimum Gasteiger partial charge on any atom is -0.497 e. The number of nitrogens with zero attached hydrogens (tertiary/aromatic N) is 2. The van der Waals surface area contributed by atoms with E-state index >= 15 is 0 Å². The molecule has 2 amide bonds. The first-order valence-corrected chi connectivity index (χ1v) is 11.0. The summed E-state index contributed by atoms with van der Waals surface area (Å²) in [6, 6.07) is 23.2. The highest BCUT2D eigenvalue weighted by Crippen LogP contribution is 2.27. The maximum atomic E-state index is 13.4. The van der Waals surface area contributed by atoms with E-state index in [0.29, 0.717) is 28.3 Å². The monoisotopic (exact) mass is 484 g/mol. The van der Waals surface area contributed by atoms with E-state index in [0.717, 1.165) is 5.69 Å². The van der Waals surface area contributed by atoms with Gasteiger partial charge in [-0.1, -0.05) is 36.4 Å². The lowest BCUT2D eigenvalue weighted by Crippen LogP contribution is -2.30. The molecule has 0 bridgehead atoms. The first-order valence-electron chi connectivity index (χ1n) is 11.0. The van der Waals surface area contributed by atoms with Gasteiger partial charge in [-0.25, -0.2) is 4.68 Å². The second-order valence-electron chi connectivity index (χ2n) is 7.70. The minimum absolute atomic E-state index is 0.255. The Labute approximate surface area is 207 Å². The van der Waals surface area contributed by atoms with E-state index in [1.54, 1.807) is 42.3 Å². The zero-order valence-electron chi connectivity index (χ0n) is 19.7. The predicted octanol–water partition coefficient (Wildman–Crippen LogP) is 3.70. The van der Waals surface area contributed by atoms with Gasteiger partial charge in [0.25, 0.3) is 11.8 Å². The van der Waals surface area contributed by atoms with E-state index in [-0.39, 0.29) is 12.1 Å². The van der Waals surface area contributed by atoms with Crippen molar-refractivity contribution in [1.29, 1.82) is 0 Å². The zero-order chi connectivity index (χ0) is 25.5. The quantitative estimate of drug-likeness (QED) is 0.369. The number of nitrogens with one attached hydrogen (secondary N) is 2. The van der Waals surface area contributed by atoms with Crippen molar-refractivity contribution in [2.45, 2.75) is 0 Å². The third kappa shape index (κ3) is 5.58. The van der Waals surface area contributed by atoms with Gasteiger partial charge in [-0.3, -0.25) is 14.4 Å². The van der Waals surface area contributed by atoms with Gasteiger partial charge >= 0.3 is 5.97 Å². The summed E-state index contributed by atoms with van der Waals surface area (Å²) in [5.41, 5.74) is 3.02. The fourth-order valence-corrected chi connectivity index (χ4v) is 3.50. The Morgan fingerprint density at radius 3 is 2.42 bits per heavy atom. The number of rotatable bonds is 8. The summed E-state index contributed by atoms with van der Waals surface area (Å²) in [6.07, 6.45) is 1.66. The number of amides is 2. The molecule has 3 aromatic carbocycles. The number of hydrogen-bond donors (Lipinski definition) is 2. The van der Waals surface area contributed by atoms with E-state index in [4.69, 9.17) is 4.74 Å². The smallest absolute Gasteiger partial charge is 0.325 e. The van der Waals surface area contributed by atoms with Crippen LogP contribution in [-0.2, 0) is 9.53 Å². The average molecular weight is 485 g/mol. The number of para-hydroxylation sites is 1. The number of carbonyl (C=O) groups is 3. The molecule has 0 unspecified atom stereocenters. The van der Waals surface area contributed by atoms with Gasteiger partial charge in [-0.2, -0.15) is 5.10 Å². The third-order valence-corrected chi connectivity index (χ3v) is 5.33. The zero-order valence-corrected chi connectivity index (χ0v) is 19.7. The van der Waals surface area contributed by atoms with Crippen molar-refractivity contribution in [2.75, 3.05) is 26.1 Å². The number of esters is 1. The average Bonchev–Trinajstić information content (AvgIpc) is 3.38. The lowest BCUT2D eigenvalue weighted by Gasteiger charge is -2.09. The molecule has 0 aliphatic carbocycles. The summed E-state index contributed by atoms with van der Waals surface area (Å²) in [5.74, 6) is -0.792. The Balaban J connectivity index is 1.63. The molecular formula is C27H24N4O5. The van der Waals surface area contributed by atoms with Crippen LogP contribution < -0.4 is 15.4 Å². The normalized spacial score (nSPS) is 10.4. The third-order valence-electron chi connectivity index (χ3n) is 5.33. The van der Waals surface area contributed by atoms with E-state index < -0.39 is 17.8 Å². The summed E-state index contributed by atoms with van der Waals surface area (Å²) in [7, 11) is 2.81. The standard InChI is InChI=1S/C27H24N4O5/c1-35-22-13-7-8-18(15-22)25-23(17-31(30-25)21-11-4-3-5-12-21)27(34)29-20-10-6-9-19(14-20)26(33)28-16-24(32)36-2/h3-15,17H,16H2,1-2H3,(H,28,33)(H,29,34). The van der Waals surface area contributed by atoms with Gasteiger partial charge in [0, 0.05) is 23.0 Å². The van der Waals surface area contributed by atoms with Gasteiger partial charge in [-0.05, 0) is 42.5 Å². The van der Waals surface area contributed by atoms with Gasteiger partial charge in [0.15, 0.2) is 0 Å². The molecule has 0 saturated carbocycles. The van der Waals surface area contributed by atoms with Crippen molar-refractivity contribution in [1.82, 2.24) is 15.1 Å². The van der Waals surface area contributed by atoms with Crippen molar-refractivity contribution in [3.8, 4) is 22.7 Å². The van der Waals surface area contributed by atoms with Crippen LogP contribution in [0.15, 0.2) is 85.1 Å². The number of methoxy groups -OCH3 is 2. The van der Waals surface area contributed by atoms with E-state index in [1.165, 1.54) is 13.2 Å². The topological polar surface area (TPSA) is 112 Å². The molecule has 0 fully saturated rings. The van der Waals surface area contributed by atoms with Crippen LogP contribution in [0.1, 0.15) is 20.7 Å². The molecule has 0 atom stereocenters. The Hall–Kier alpha value is -4.92. The molecule has 4 rings (SSSR count). The summed E-state index contributed by atoms with van der Waals surface area (Å²) in [4.78, 5) is 37.1. The number of carbonyl (C=O) groups excluding carboxylic acids is 3. The highest BCUT2D eigenvalue weighted by Gasteiger charge is 2.20. The Bertz CT molecular complexity index is 1400. The Morgan fingerprint density at radius 2 is 1.67 bits per heavy atom. The number of anilines is 1. The fraction of sp³-hybridized carbons (Fsp3) is 0.111. The van der Waals surface area contributed by atoms with Crippen LogP contribution in [0, 0.1) is 0 Å². The second kappa shape index (κ2) is 11.0. The van der Waals surface area contributed by atoms with Crippen molar-refractivity contribution in [3.05, 3.63) is 96.2 Å². The van der Waals surface area contributed by atoms with Gasteiger partial charge in [0.2, 0.25) is 0 Å². The molecule has 182 valence electrons. The van der Waals surface area contributed by atoms with Crippen LogP contribution in [-0.4, -0.2) is 48.3 Å². The molecule has 2 N–H and O–H groups in total. The highest BCUT2D eigenvalue weighted by molar-refractivity contribution is 6.08. The Morgan fingerprint density at radius 1 is 0.889 bits per heavy atom. The van der Waals surface area contributed by atoms with Gasteiger partial charge in [-0.15, -0.1) is 0 Å².